The first-order valence-electron chi connectivity index (χ1n) is 5.01. The minimum Gasteiger partial charge on any atom is -0.461 e. The van der Waals surface area contributed by atoms with Crippen LogP contribution < -0.4 is 5.69 Å². The van der Waals surface area contributed by atoms with Crippen molar-refractivity contribution < 1.29 is 4.42 Å². The van der Waals surface area contributed by atoms with Gasteiger partial charge in [-0.25, -0.2) is 4.79 Å². The van der Waals surface area contributed by atoms with Gasteiger partial charge in [0.05, 0.1) is 11.0 Å². The van der Waals surface area contributed by atoms with Crippen LogP contribution in [0.1, 0.15) is 5.76 Å². The smallest absolute Gasteiger partial charge is 0.323 e. The molecule has 2 heterocycles. The summed E-state index contributed by atoms with van der Waals surface area (Å²) in [5.74, 6) is 1.68. The number of hydrogen-bond acceptors (Lipinski definition) is 2. The maximum atomic E-state index is 11.1. The second kappa shape index (κ2) is 3.13. The van der Waals surface area contributed by atoms with Gasteiger partial charge in [0, 0.05) is 5.56 Å². The summed E-state index contributed by atoms with van der Waals surface area (Å²) >= 11 is 0. The second-order valence-corrected chi connectivity index (χ2v) is 3.75. The van der Waals surface area contributed by atoms with Crippen molar-refractivity contribution in [2.24, 2.45) is 0 Å². The standard InChI is InChI=1S/C12H10N2O2/c1-7-2-5-11(16-7)8-3-4-9-10(6-8)14-12(15)13-9/h2-6H,1H3,(H2,13,14,15). The van der Waals surface area contributed by atoms with Crippen LogP contribution in [0.4, 0.5) is 0 Å². The number of imidazole rings is 1. The number of aromatic nitrogens is 2. The Bertz CT molecular complexity index is 703. The number of furan rings is 1. The second-order valence-electron chi connectivity index (χ2n) is 3.75. The molecule has 0 radical (unpaired) electrons. The fraction of sp³-hybridized carbons (Fsp3) is 0.0833. The molecule has 0 unspecified atom stereocenters. The summed E-state index contributed by atoms with van der Waals surface area (Å²) in [5, 5.41) is 0. The molecular formula is C12H10N2O2. The monoisotopic (exact) mass is 214 g/mol. The molecule has 0 bridgehead atoms. The third-order valence-corrected chi connectivity index (χ3v) is 2.54. The number of aryl methyl sites for hydroxylation is 1. The van der Waals surface area contributed by atoms with Crippen molar-refractivity contribution in [1.82, 2.24) is 9.97 Å². The van der Waals surface area contributed by atoms with Gasteiger partial charge in [-0.15, -0.1) is 0 Å². The lowest BCUT2D eigenvalue weighted by Gasteiger charge is -1.96. The van der Waals surface area contributed by atoms with E-state index in [0.717, 1.165) is 28.1 Å². The number of hydrogen-bond donors (Lipinski definition) is 2. The van der Waals surface area contributed by atoms with Gasteiger partial charge in [-0.05, 0) is 37.3 Å². The Morgan fingerprint density at radius 3 is 2.62 bits per heavy atom. The number of fused-ring (bicyclic) bond motifs is 1. The van der Waals surface area contributed by atoms with Crippen LogP contribution >= 0.6 is 0 Å². The molecular weight excluding hydrogens is 204 g/mol. The van der Waals surface area contributed by atoms with Gasteiger partial charge in [-0.2, -0.15) is 0 Å². The van der Waals surface area contributed by atoms with Gasteiger partial charge < -0.3 is 14.4 Å². The van der Waals surface area contributed by atoms with Crippen molar-refractivity contribution in [2.45, 2.75) is 6.92 Å². The summed E-state index contributed by atoms with van der Waals surface area (Å²) < 4.78 is 5.52. The molecule has 0 saturated heterocycles. The topological polar surface area (TPSA) is 61.8 Å². The van der Waals surface area contributed by atoms with Gasteiger partial charge in [-0.1, -0.05) is 0 Å². The molecule has 0 aliphatic carbocycles. The van der Waals surface area contributed by atoms with E-state index in [9.17, 15) is 4.79 Å². The van der Waals surface area contributed by atoms with E-state index < -0.39 is 0 Å². The molecule has 80 valence electrons. The predicted octanol–water partition coefficient (Wildman–Crippen LogP) is 2.42. The van der Waals surface area contributed by atoms with E-state index in [1.165, 1.54) is 0 Å². The van der Waals surface area contributed by atoms with Crippen LogP contribution in [-0.4, -0.2) is 9.97 Å². The Kier molecular flexibility index (Phi) is 1.77. The van der Waals surface area contributed by atoms with Crippen molar-refractivity contribution in [3.8, 4) is 11.3 Å². The summed E-state index contributed by atoms with van der Waals surface area (Å²) in [6.45, 7) is 1.90. The van der Waals surface area contributed by atoms with Gasteiger partial charge in [0.25, 0.3) is 0 Å². The van der Waals surface area contributed by atoms with Gasteiger partial charge in [-0.3, -0.25) is 0 Å². The Labute approximate surface area is 90.9 Å². The summed E-state index contributed by atoms with van der Waals surface area (Å²) in [5.41, 5.74) is 2.35. The molecule has 4 heteroatoms. The van der Waals surface area contributed by atoms with Crippen molar-refractivity contribution in [3.05, 3.63) is 46.6 Å². The van der Waals surface area contributed by atoms with E-state index in [1.54, 1.807) is 0 Å². The highest BCUT2D eigenvalue weighted by molar-refractivity contribution is 5.80. The van der Waals surface area contributed by atoms with Gasteiger partial charge in [0.15, 0.2) is 0 Å². The van der Waals surface area contributed by atoms with Crippen molar-refractivity contribution in [3.63, 3.8) is 0 Å². The van der Waals surface area contributed by atoms with Crippen LogP contribution in [0, 0.1) is 6.92 Å². The highest BCUT2D eigenvalue weighted by Crippen LogP contribution is 2.24. The summed E-state index contributed by atoms with van der Waals surface area (Å²) in [4.78, 5) is 16.5. The number of rotatable bonds is 1. The number of aromatic amines is 2. The molecule has 2 aromatic heterocycles. The SMILES string of the molecule is Cc1ccc(-c2ccc3[nH]c(=O)[nH]c3c2)o1. The lowest BCUT2D eigenvalue weighted by Crippen LogP contribution is -1.99. The van der Waals surface area contributed by atoms with E-state index in [1.807, 2.05) is 37.3 Å². The normalized spacial score (nSPS) is 11.1. The van der Waals surface area contributed by atoms with E-state index in [2.05, 4.69) is 9.97 Å². The largest absolute Gasteiger partial charge is 0.461 e. The zero-order chi connectivity index (χ0) is 11.1. The molecule has 0 fully saturated rings. The van der Waals surface area contributed by atoms with Crippen LogP contribution in [-0.2, 0) is 0 Å². The molecule has 0 aliphatic rings. The van der Waals surface area contributed by atoms with Crippen molar-refractivity contribution in [2.75, 3.05) is 0 Å². The quantitative estimate of drug-likeness (QED) is 0.653. The molecule has 0 saturated carbocycles. The molecule has 0 aliphatic heterocycles. The minimum absolute atomic E-state index is 0.192. The predicted molar refractivity (Wildman–Crippen MR) is 61.4 cm³/mol. The van der Waals surface area contributed by atoms with Gasteiger partial charge in [0.2, 0.25) is 0 Å². The molecule has 0 spiro atoms. The third kappa shape index (κ3) is 1.35. The maximum absolute atomic E-state index is 11.1. The summed E-state index contributed by atoms with van der Waals surface area (Å²) in [6.07, 6.45) is 0. The Morgan fingerprint density at radius 2 is 1.88 bits per heavy atom. The van der Waals surface area contributed by atoms with E-state index >= 15 is 0 Å². The first-order valence-corrected chi connectivity index (χ1v) is 5.01. The molecule has 3 aromatic rings. The molecule has 4 nitrogen and oxygen atoms in total. The van der Waals surface area contributed by atoms with Crippen molar-refractivity contribution >= 4 is 11.0 Å². The molecule has 1 aromatic carbocycles. The van der Waals surface area contributed by atoms with E-state index in [-0.39, 0.29) is 5.69 Å². The Balaban J connectivity index is 2.21. The first-order chi connectivity index (χ1) is 7.72. The summed E-state index contributed by atoms with van der Waals surface area (Å²) in [6, 6.07) is 9.51. The van der Waals surface area contributed by atoms with Crippen LogP contribution in [0.3, 0.4) is 0 Å². The minimum atomic E-state index is -0.192. The lowest BCUT2D eigenvalue weighted by molar-refractivity contribution is 0.548. The molecule has 3 rings (SSSR count). The highest BCUT2D eigenvalue weighted by Gasteiger charge is 2.04. The zero-order valence-corrected chi connectivity index (χ0v) is 8.70. The van der Waals surface area contributed by atoms with Crippen LogP contribution in [0.15, 0.2) is 39.5 Å². The summed E-state index contributed by atoms with van der Waals surface area (Å²) in [7, 11) is 0. The zero-order valence-electron chi connectivity index (χ0n) is 8.70. The number of benzene rings is 1. The average Bonchev–Trinajstić information content (AvgIpc) is 2.81. The molecule has 16 heavy (non-hydrogen) atoms. The Hall–Kier alpha value is -2.23. The number of nitrogens with one attached hydrogen (secondary N) is 2. The third-order valence-electron chi connectivity index (χ3n) is 2.54. The number of H-pyrrole nitrogens is 2. The average molecular weight is 214 g/mol. The fourth-order valence-corrected chi connectivity index (χ4v) is 1.78. The van der Waals surface area contributed by atoms with Gasteiger partial charge >= 0.3 is 5.69 Å². The van der Waals surface area contributed by atoms with Crippen LogP contribution in [0.5, 0.6) is 0 Å². The first kappa shape index (κ1) is 9.03. The van der Waals surface area contributed by atoms with E-state index in [0.29, 0.717) is 0 Å². The fourth-order valence-electron chi connectivity index (χ4n) is 1.78. The lowest BCUT2D eigenvalue weighted by atomic mass is 10.1. The maximum Gasteiger partial charge on any atom is 0.323 e. The molecule has 0 atom stereocenters. The van der Waals surface area contributed by atoms with Crippen LogP contribution in [0.25, 0.3) is 22.4 Å². The van der Waals surface area contributed by atoms with E-state index in [4.69, 9.17) is 4.42 Å². The van der Waals surface area contributed by atoms with Crippen LogP contribution in [0.2, 0.25) is 0 Å². The molecule has 0 amide bonds. The Morgan fingerprint density at radius 1 is 1.06 bits per heavy atom. The van der Waals surface area contributed by atoms with Gasteiger partial charge in [0.1, 0.15) is 11.5 Å². The molecule has 2 N–H and O–H groups in total. The highest BCUT2D eigenvalue weighted by atomic mass is 16.3. The van der Waals surface area contributed by atoms with Crippen molar-refractivity contribution in [1.29, 1.82) is 0 Å².